The van der Waals surface area contributed by atoms with Crippen molar-refractivity contribution in [2.75, 3.05) is 18.2 Å². The van der Waals surface area contributed by atoms with E-state index >= 15 is 0 Å². The highest BCUT2D eigenvalue weighted by Gasteiger charge is 2.37. The van der Waals surface area contributed by atoms with Gasteiger partial charge in [-0.2, -0.15) is 0 Å². The van der Waals surface area contributed by atoms with Crippen LogP contribution in [0.3, 0.4) is 0 Å². The van der Waals surface area contributed by atoms with Crippen molar-refractivity contribution in [2.24, 2.45) is 5.41 Å². The van der Waals surface area contributed by atoms with Crippen molar-refractivity contribution in [3.05, 3.63) is 35.4 Å². The molecule has 8 nitrogen and oxygen atoms in total. The minimum absolute atomic E-state index is 0.233. The molecular formula is C21H29ClN2O6S. The van der Waals surface area contributed by atoms with Gasteiger partial charge in [0.1, 0.15) is 24.4 Å². The summed E-state index contributed by atoms with van der Waals surface area (Å²) in [6, 6.07) is 4.14. The van der Waals surface area contributed by atoms with Crippen LogP contribution in [0, 0.1) is 5.41 Å². The minimum atomic E-state index is -1.72. The normalized spacial score (nSPS) is 20.9. The van der Waals surface area contributed by atoms with Crippen LogP contribution in [0.1, 0.15) is 20.8 Å². The van der Waals surface area contributed by atoms with Gasteiger partial charge in [-0.3, -0.25) is 9.59 Å². The Labute approximate surface area is 191 Å². The Morgan fingerprint density at radius 1 is 1.32 bits per heavy atom. The summed E-state index contributed by atoms with van der Waals surface area (Å²) in [5.74, 6) is -0.984. The second-order valence-electron chi connectivity index (χ2n) is 8.36. The summed E-state index contributed by atoms with van der Waals surface area (Å²) in [5, 5.41) is 36.6. The first-order valence-corrected chi connectivity index (χ1v) is 11.1. The van der Waals surface area contributed by atoms with E-state index in [1.54, 1.807) is 24.3 Å². The molecule has 1 heterocycles. The van der Waals surface area contributed by atoms with Crippen LogP contribution in [0.4, 0.5) is 5.69 Å². The van der Waals surface area contributed by atoms with E-state index in [0.29, 0.717) is 10.7 Å². The molecule has 0 radical (unpaired) electrons. The van der Waals surface area contributed by atoms with E-state index in [-0.39, 0.29) is 11.2 Å². The number of carbonyl (C=O) groups is 2. The second kappa shape index (κ2) is 10.8. The van der Waals surface area contributed by atoms with Crippen LogP contribution in [-0.2, 0) is 14.3 Å². The summed E-state index contributed by atoms with van der Waals surface area (Å²) in [4.78, 5) is 26.0. The third-order valence-corrected chi connectivity index (χ3v) is 5.94. The molecule has 172 valence electrons. The number of aliphatic hydroxyl groups is 3. The molecular weight excluding hydrogens is 444 g/mol. The highest BCUT2D eigenvalue weighted by Crippen LogP contribution is 2.33. The summed E-state index contributed by atoms with van der Waals surface area (Å²) in [5.41, 5.74) is 0.347. The Morgan fingerprint density at radius 2 is 2.00 bits per heavy atom. The van der Waals surface area contributed by atoms with Gasteiger partial charge in [0.15, 0.2) is 6.10 Å². The third kappa shape index (κ3) is 7.20. The van der Waals surface area contributed by atoms with Gasteiger partial charge < -0.3 is 30.7 Å². The zero-order chi connectivity index (χ0) is 23.3. The lowest BCUT2D eigenvalue weighted by molar-refractivity contribution is -0.150. The monoisotopic (exact) mass is 472 g/mol. The highest BCUT2D eigenvalue weighted by atomic mass is 35.5. The molecule has 2 rings (SSSR count). The van der Waals surface area contributed by atoms with E-state index in [0.717, 1.165) is 4.90 Å². The van der Waals surface area contributed by atoms with E-state index < -0.39 is 42.3 Å². The molecule has 0 aliphatic carbocycles. The number of aliphatic hydroxyl groups excluding tert-OH is 3. The average molecular weight is 473 g/mol. The number of thioether (sulfide) groups is 1. The van der Waals surface area contributed by atoms with E-state index in [9.17, 15) is 24.9 Å². The molecule has 0 fully saturated rings. The topological polar surface area (TPSA) is 128 Å². The van der Waals surface area contributed by atoms with Gasteiger partial charge in [0.25, 0.3) is 5.91 Å². The van der Waals surface area contributed by atoms with Crippen LogP contribution < -0.4 is 10.6 Å². The molecule has 0 unspecified atom stereocenters. The summed E-state index contributed by atoms with van der Waals surface area (Å²) in [7, 11) is 1.19. The van der Waals surface area contributed by atoms with Crippen molar-refractivity contribution in [3.8, 4) is 0 Å². The van der Waals surface area contributed by atoms with Crippen molar-refractivity contribution in [3.63, 3.8) is 0 Å². The molecule has 1 aliphatic rings. The maximum atomic E-state index is 12.7. The smallest absolute Gasteiger partial charge is 0.252 e. The molecule has 0 aromatic heterocycles. The van der Waals surface area contributed by atoms with E-state index in [2.05, 4.69) is 10.6 Å². The fourth-order valence-corrected chi connectivity index (χ4v) is 4.13. The lowest BCUT2D eigenvalue weighted by atomic mass is 9.94. The lowest BCUT2D eigenvalue weighted by Crippen LogP contribution is -2.55. The van der Waals surface area contributed by atoms with Gasteiger partial charge in [0.05, 0.1) is 5.69 Å². The first-order chi connectivity index (χ1) is 14.4. The molecule has 1 aromatic rings. The molecule has 1 aromatic carbocycles. The first-order valence-electron chi connectivity index (χ1n) is 9.73. The quantitative estimate of drug-likeness (QED) is 0.381. The van der Waals surface area contributed by atoms with Gasteiger partial charge in [0, 0.05) is 22.8 Å². The molecule has 2 amide bonds. The standard InChI is InChI=1S/C21H29ClN2O6S/c1-21(2,3)8-7-14(25)16(26)17(27)18(30-4)20(29)24-13-10-31-15-9-11(22)5-6-12(15)23-19(13)28/h5-9,13-14,16-18,25-27H,10H2,1-4H3,(H,23,28)(H,24,29)/b8-7+/t13-,14+,16+,17-,18+/m1/s1. The summed E-state index contributed by atoms with van der Waals surface area (Å²) in [6.07, 6.45) is -3.25. The summed E-state index contributed by atoms with van der Waals surface area (Å²) in [6.45, 7) is 5.73. The van der Waals surface area contributed by atoms with Crippen molar-refractivity contribution in [1.29, 1.82) is 0 Å². The first kappa shape index (κ1) is 25.6. The molecule has 5 atom stereocenters. The zero-order valence-electron chi connectivity index (χ0n) is 17.8. The Bertz CT molecular complexity index is 829. The van der Waals surface area contributed by atoms with Crippen molar-refractivity contribution in [1.82, 2.24) is 5.32 Å². The number of fused-ring (bicyclic) bond motifs is 1. The lowest BCUT2D eigenvalue weighted by Gasteiger charge is -2.28. The summed E-state index contributed by atoms with van der Waals surface area (Å²) >= 11 is 7.34. The van der Waals surface area contributed by atoms with Crippen molar-refractivity contribution < 1.29 is 29.6 Å². The van der Waals surface area contributed by atoms with E-state index in [4.69, 9.17) is 16.3 Å². The van der Waals surface area contributed by atoms with Gasteiger partial charge in [-0.15, -0.1) is 11.8 Å². The maximum absolute atomic E-state index is 12.7. The zero-order valence-corrected chi connectivity index (χ0v) is 19.4. The predicted octanol–water partition coefficient (Wildman–Crippen LogP) is 1.57. The van der Waals surface area contributed by atoms with Crippen LogP contribution in [0.15, 0.2) is 35.2 Å². The molecule has 0 saturated carbocycles. The minimum Gasteiger partial charge on any atom is -0.387 e. The molecule has 5 N–H and O–H groups in total. The van der Waals surface area contributed by atoms with Crippen LogP contribution in [0.5, 0.6) is 0 Å². The van der Waals surface area contributed by atoms with E-state index in [1.165, 1.54) is 24.9 Å². The van der Waals surface area contributed by atoms with Crippen molar-refractivity contribution in [2.45, 2.75) is 56.1 Å². The Balaban J connectivity index is 2.05. The molecule has 0 bridgehead atoms. The van der Waals surface area contributed by atoms with Gasteiger partial charge >= 0.3 is 0 Å². The van der Waals surface area contributed by atoms with Crippen LogP contribution in [0.2, 0.25) is 5.02 Å². The van der Waals surface area contributed by atoms with Crippen LogP contribution >= 0.6 is 23.4 Å². The number of nitrogens with one attached hydrogen (secondary N) is 2. The second-order valence-corrected chi connectivity index (χ2v) is 9.85. The van der Waals surface area contributed by atoms with Crippen LogP contribution in [0.25, 0.3) is 0 Å². The number of hydrogen-bond donors (Lipinski definition) is 5. The number of methoxy groups -OCH3 is 1. The number of rotatable bonds is 7. The van der Waals surface area contributed by atoms with Gasteiger partial charge in [-0.05, 0) is 23.6 Å². The number of benzene rings is 1. The van der Waals surface area contributed by atoms with Gasteiger partial charge in [0.2, 0.25) is 5.91 Å². The SMILES string of the molecule is CO[C@H](C(=O)N[C@@H]1CSc2cc(Cl)ccc2NC1=O)[C@H](O)[C@@H](O)[C@@H](O)/C=C/C(C)(C)C. The number of hydrogen-bond acceptors (Lipinski definition) is 7. The Kier molecular flexibility index (Phi) is 8.93. The Morgan fingerprint density at radius 3 is 2.61 bits per heavy atom. The third-order valence-electron chi connectivity index (χ3n) is 4.56. The van der Waals surface area contributed by atoms with Crippen LogP contribution in [-0.4, -0.2) is 70.5 Å². The maximum Gasteiger partial charge on any atom is 0.252 e. The number of halogens is 1. The highest BCUT2D eigenvalue weighted by molar-refractivity contribution is 7.99. The van der Waals surface area contributed by atoms with Crippen molar-refractivity contribution >= 4 is 40.9 Å². The van der Waals surface area contributed by atoms with Gasteiger partial charge in [-0.25, -0.2) is 0 Å². The summed E-state index contributed by atoms with van der Waals surface area (Å²) < 4.78 is 5.06. The average Bonchev–Trinajstić information content (AvgIpc) is 2.84. The number of amides is 2. The number of anilines is 1. The van der Waals surface area contributed by atoms with Gasteiger partial charge in [-0.1, -0.05) is 44.5 Å². The molecule has 31 heavy (non-hydrogen) atoms. The Hall–Kier alpha value is -1.62. The van der Waals surface area contributed by atoms with E-state index in [1.807, 2.05) is 20.8 Å². The fourth-order valence-electron chi connectivity index (χ4n) is 2.83. The number of allylic oxidation sites excluding steroid dienone is 1. The molecule has 10 heteroatoms. The predicted molar refractivity (Wildman–Crippen MR) is 120 cm³/mol. The molecule has 0 saturated heterocycles. The number of ether oxygens (including phenoxy) is 1. The molecule has 0 spiro atoms. The fraction of sp³-hybridized carbons (Fsp3) is 0.524. The number of carbonyl (C=O) groups excluding carboxylic acids is 2. The largest absolute Gasteiger partial charge is 0.387 e. The molecule has 1 aliphatic heterocycles.